The first-order valence-corrected chi connectivity index (χ1v) is 13.5. The predicted octanol–water partition coefficient (Wildman–Crippen LogP) is 5.23. The lowest BCUT2D eigenvalue weighted by Gasteiger charge is -2.27. The van der Waals surface area contributed by atoms with E-state index in [0.29, 0.717) is 13.1 Å². The third kappa shape index (κ3) is 5.27. The van der Waals surface area contributed by atoms with Gasteiger partial charge in [0.2, 0.25) is 11.8 Å². The van der Waals surface area contributed by atoms with Crippen LogP contribution in [0.3, 0.4) is 0 Å². The van der Waals surface area contributed by atoms with Crippen molar-refractivity contribution < 1.29 is 9.59 Å². The van der Waals surface area contributed by atoms with Gasteiger partial charge in [-0.05, 0) is 74.2 Å². The first kappa shape index (κ1) is 26.5. The Kier molecular flexibility index (Phi) is 7.44. The number of aromatic nitrogens is 2. The van der Waals surface area contributed by atoms with Crippen LogP contribution in [-0.2, 0) is 29.1 Å². The molecular formula is C32H35N5O2. The highest BCUT2D eigenvalue weighted by Crippen LogP contribution is 2.39. The molecule has 7 heteroatoms. The standard InChI is InChI=1S/C32H35N5O2/c1-5-37-28-14-13-24(19-29(28)35(4)30(38)32(2,3)31(37)39)21-36(18-15-23-9-7-16-33-20-23)22-25-10-6-12-27-26(25)11-8-17-34-27/h6-14,16-17,19-20H,5,15,18,21-22H2,1-4H3. The Bertz CT molecular complexity index is 1500. The van der Waals surface area contributed by atoms with Crippen LogP contribution < -0.4 is 9.80 Å². The number of pyridine rings is 2. The second-order valence-corrected chi connectivity index (χ2v) is 10.7. The Hall–Kier alpha value is -4.10. The topological polar surface area (TPSA) is 69.6 Å². The van der Waals surface area contributed by atoms with Crippen LogP contribution >= 0.6 is 0 Å². The van der Waals surface area contributed by atoms with Crippen LogP contribution in [0.15, 0.2) is 79.3 Å². The summed E-state index contributed by atoms with van der Waals surface area (Å²) >= 11 is 0. The van der Waals surface area contributed by atoms with Gasteiger partial charge in [-0.2, -0.15) is 0 Å². The van der Waals surface area contributed by atoms with Crippen molar-refractivity contribution in [1.82, 2.24) is 14.9 Å². The van der Waals surface area contributed by atoms with Gasteiger partial charge in [-0.25, -0.2) is 0 Å². The van der Waals surface area contributed by atoms with Gasteiger partial charge in [-0.15, -0.1) is 0 Å². The Morgan fingerprint density at radius 1 is 0.872 bits per heavy atom. The molecule has 0 bridgehead atoms. The smallest absolute Gasteiger partial charge is 0.242 e. The lowest BCUT2D eigenvalue weighted by atomic mass is 9.90. The molecule has 0 spiro atoms. The molecule has 5 rings (SSSR count). The first-order chi connectivity index (χ1) is 18.8. The summed E-state index contributed by atoms with van der Waals surface area (Å²) in [5, 5.41) is 1.15. The number of carbonyl (C=O) groups is 2. The molecule has 1 aliphatic heterocycles. The molecule has 0 fully saturated rings. The lowest BCUT2D eigenvalue weighted by molar-refractivity contribution is -0.137. The van der Waals surface area contributed by atoms with E-state index >= 15 is 0 Å². The SMILES string of the molecule is CCN1C(=O)C(C)(C)C(=O)N(C)c2cc(CN(CCc3cccnc3)Cc3cccc4ncccc34)ccc21. The Morgan fingerprint density at radius 3 is 2.46 bits per heavy atom. The number of anilines is 2. The summed E-state index contributed by atoms with van der Waals surface area (Å²) in [7, 11) is 1.77. The van der Waals surface area contributed by atoms with Crippen molar-refractivity contribution in [1.29, 1.82) is 0 Å². The van der Waals surface area contributed by atoms with Crippen molar-refractivity contribution in [3.05, 3.63) is 95.9 Å². The number of nitrogens with zero attached hydrogens (tertiary/aromatic N) is 5. The van der Waals surface area contributed by atoms with Crippen LogP contribution in [0, 0.1) is 5.41 Å². The van der Waals surface area contributed by atoms with E-state index in [1.165, 1.54) is 11.1 Å². The van der Waals surface area contributed by atoms with Crippen LogP contribution in [-0.4, -0.2) is 46.8 Å². The highest BCUT2D eigenvalue weighted by Gasteiger charge is 2.45. The average Bonchev–Trinajstić information content (AvgIpc) is 3.01. The van der Waals surface area contributed by atoms with Crippen molar-refractivity contribution >= 4 is 34.1 Å². The van der Waals surface area contributed by atoms with Gasteiger partial charge in [-0.1, -0.05) is 30.3 Å². The van der Waals surface area contributed by atoms with Crippen LogP contribution in [0.1, 0.15) is 37.5 Å². The third-order valence-corrected chi connectivity index (χ3v) is 7.60. The molecule has 200 valence electrons. The summed E-state index contributed by atoms with van der Waals surface area (Å²) in [6.45, 7) is 8.15. The molecule has 4 aromatic rings. The van der Waals surface area contributed by atoms with Gasteiger partial charge in [0.05, 0.1) is 16.9 Å². The molecule has 2 aromatic heterocycles. The van der Waals surface area contributed by atoms with Gasteiger partial charge in [-0.3, -0.25) is 24.5 Å². The van der Waals surface area contributed by atoms with Crippen LogP contribution in [0.2, 0.25) is 0 Å². The highest BCUT2D eigenvalue weighted by molar-refractivity contribution is 6.19. The number of carbonyl (C=O) groups excluding carboxylic acids is 2. The minimum Gasteiger partial charge on any atom is -0.313 e. The predicted molar refractivity (Wildman–Crippen MR) is 155 cm³/mol. The molecule has 0 radical (unpaired) electrons. The molecule has 0 aliphatic carbocycles. The van der Waals surface area contributed by atoms with Crippen molar-refractivity contribution in [2.45, 2.75) is 40.3 Å². The van der Waals surface area contributed by atoms with E-state index in [9.17, 15) is 9.59 Å². The molecule has 7 nitrogen and oxygen atoms in total. The van der Waals surface area contributed by atoms with Gasteiger partial charge < -0.3 is 9.80 Å². The molecule has 2 amide bonds. The largest absolute Gasteiger partial charge is 0.313 e. The number of amides is 2. The second kappa shape index (κ2) is 10.9. The van der Waals surface area contributed by atoms with E-state index in [2.05, 4.69) is 51.3 Å². The van der Waals surface area contributed by atoms with E-state index in [4.69, 9.17) is 0 Å². The van der Waals surface area contributed by atoms with Gasteiger partial charge in [0, 0.05) is 57.2 Å². The minimum absolute atomic E-state index is 0.170. The zero-order chi connectivity index (χ0) is 27.6. The van der Waals surface area contributed by atoms with Crippen LogP contribution in [0.4, 0.5) is 11.4 Å². The van der Waals surface area contributed by atoms with Crippen molar-refractivity contribution in [2.24, 2.45) is 5.41 Å². The van der Waals surface area contributed by atoms with Gasteiger partial charge in [0.25, 0.3) is 0 Å². The molecule has 39 heavy (non-hydrogen) atoms. The monoisotopic (exact) mass is 521 g/mol. The molecule has 0 saturated heterocycles. The summed E-state index contributed by atoms with van der Waals surface area (Å²) in [6, 6.07) is 20.6. The zero-order valence-electron chi connectivity index (χ0n) is 23.1. The summed E-state index contributed by atoms with van der Waals surface area (Å²) in [4.78, 5) is 41.2. The number of fused-ring (bicyclic) bond motifs is 2. The molecular weight excluding hydrogens is 486 g/mol. The maximum Gasteiger partial charge on any atom is 0.242 e. The lowest BCUT2D eigenvalue weighted by Crippen LogP contribution is -2.47. The summed E-state index contributed by atoms with van der Waals surface area (Å²) in [6.07, 6.45) is 6.41. The summed E-state index contributed by atoms with van der Waals surface area (Å²) in [5.41, 5.74) is 4.89. The summed E-state index contributed by atoms with van der Waals surface area (Å²) in [5.74, 6) is -0.366. The van der Waals surface area contributed by atoms with Gasteiger partial charge in [0.15, 0.2) is 0 Å². The maximum atomic E-state index is 13.3. The molecule has 0 atom stereocenters. The van der Waals surface area contributed by atoms with E-state index < -0.39 is 5.41 Å². The average molecular weight is 522 g/mol. The minimum atomic E-state index is -1.12. The van der Waals surface area contributed by atoms with Crippen LogP contribution in [0.25, 0.3) is 10.9 Å². The molecule has 0 N–H and O–H groups in total. The Morgan fingerprint density at radius 2 is 1.69 bits per heavy atom. The zero-order valence-corrected chi connectivity index (χ0v) is 23.1. The second-order valence-electron chi connectivity index (χ2n) is 10.7. The van der Waals surface area contributed by atoms with Crippen molar-refractivity contribution in [2.75, 3.05) is 29.9 Å². The Labute approximate surface area is 230 Å². The Balaban J connectivity index is 1.48. The van der Waals surface area contributed by atoms with Gasteiger partial charge >= 0.3 is 0 Å². The highest BCUT2D eigenvalue weighted by atomic mass is 16.2. The number of benzene rings is 2. The number of rotatable bonds is 8. The molecule has 3 heterocycles. The van der Waals surface area contributed by atoms with Crippen LogP contribution in [0.5, 0.6) is 0 Å². The number of hydrogen-bond acceptors (Lipinski definition) is 5. The molecule has 1 aliphatic rings. The first-order valence-electron chi connectivity index (χ1n) is 13.5. The molecule has 0 saturated carbocycles. The van der Waals surface area contributed by atoms with Gasteiger partial charge in [0.1, 0.15) is 5.41 Å². The van der Waals surface area contributed by atoms with E-state index in [0.717, 1.165) is 47.4 Å². The van der Waals surface area contributed by atoms with Crippen molar-refractivity contribution in [3.8, 4) is 0 Å². The van der Waals surface area contributed by atoms with E-state index in [1.807, 2.05) is 43.6 Å². The quantitative estimate of drug-likeness (QED) is 0.297. The van der Waals surface area contributed by atoms with Crippen molar-refractivity contribution in [3.63, 3.8) is 0 Å². The van der Waals surface area contributed by atoms with E-state index in [1.54, 1.807) is 36.9 Å². The number of hydrogen-bond donors (Lipinski definition) is 0. The fourth-order valence-electron chi connectivity index (χ4n) is 5.40. The normalized spacial score (nSPS) is 15.1. The fraction of sp³-hybridized carbons (Fsp3) is 0.312. The third-order valence-electron chi connectivity index (χ3n) is 7.60. The molecule has 0 unspecified atom stereocenters. The maximum absolute atomic E-state index is 13.3. The summed E-state index contributed by atoms with van der Waals surface area (Å²) < 4.78 is 0. The molecule has 2 aromatic carbocycles. The van der Waals surface area contributed by atoms with E-state index in [-0.39, 0.29) is 11.8 Å². The fourth-order valence-corrected chi connectivity index (χ4v) is 5.40.